The average molecular weight is 519 g/mol. The van der Waals surface area contributed by atoms with Crippen molar-refractivity contribution in [2.75, 3.05) is 18.6 Å². The zero-order valence-electron chi connectivity index (χ0n) is 20.5. The van der Waals surface area contributed by atoms with E-state index in [1.807, 2.05) is 12.1 Å². The van der Waals surface area contributed by atoms with Crippen LogP contribution in [0.3, 0.4) is 0 Å². The number of nitrogens with zero attached hydrogens (tertiary/aromatic N) is 2. The number of thiazole rings is 1. The van der Waals surface area contributed by atoms with Crippen molar-refractivity contribution in [3.05, 3.63) is 83.5 Å². The summed E-state index contributed by atoms with van der Waals surface area (Å²) in [5, 5.41) is 11.3. The van der Waals surface area contributed by atoms with Crippen LogP contribution in [0.2, 0.25) is 0 Å². The molecule has 0 radical (unpaired) electrons. The van der Waals surface area contributed by atoms with Gasteiger partial charge in [-0.3, -0.25) is 14.5 Å². The van der Waals surface area contributed by atoms with E-state index < -0.39 is 23.5 Å². The molecule has 37 heavy (non-hydrogen) atoms. The van der Waals surface area contributed by atoms with Gasteiger partial charge < -0.3 is 19.0 Å². The number of aliphatic hydroxyl groups excluding tert-OH is 1. The highest BCUT2D eigenvalue weighted by Crippen LogP contribution is 2.45. The van der Waals surface area contributed by atoms with E-state index >= 15 is 0 Å². The Bertz CT molecular complexity index is 1470. The van der Waals surface area contributed by atoms with Crippen molar-refractivity contribution < 1.29 is 28.6 Å². The quantitative estimate of drug-likeness (QED) is 0.196. The van der Waals surface area contributed by atoms with Gasteiger partial charge in [-0.05, 0) is 54.4 Å². The SMILES string of the molecule is CCCCCOc1cccc(C2C(C(=O)c3ccco3)=C(O)C(=O)N2c2nc3ccc(OC)cc3s2)c1. The number of fused-ring (bicyclic) bond motifs is 1. The first-order chi connectivity index (χ1) is 18.0. The first-order valence-electron chi connectivity index (χ1n) is 12.0. The van der Waals surface area contributed by atoms with Crippen LogP contribution in [-0.4, -0.2) is 35.5 Å². The van der Waals surface area contributed by atoms with Gasteiger partial charge in [0.05, 0.1) is 41.8 Å². The number of furan rings is 1. The van der Waals surface area contributed by atoms with E-state index in [1.54, 1.807) is 43.5 Å². The number of anilines is 1. The molecule has 0 bridgehead atoms. The fourth-order valence-corrected chi connectivity index (χ4v) is 5.35. The lowest BCUT2D eigenvalue weighted by molar-refractivity contribution is -0.117. The van der Waals surface area contributed by atoms with E-state index in [4.69, 9.17) is 13.9 Å². The van der Waals surface area contributed by atoms with E-state index in [-0.39, 0.29) is 11.3 Å². The highest BCUT2D eigenvalue weighted by Gasteiger charge is 2.46. The number of aromatic nitrogens is 1. The molecule has 1 atom stereocenters. The summed E-state index contributed by atoms with van der Waals surface area (Å²) in [6, 6.07) is 14.8. The van der Waals surface area contributed by atoms with Gasteiger partial charge in [0, 0.05) is 0 Å². The van der Waals surface area contributed by atoms with Crippen LogP contribution < -0.4 is 14.4 Å². The number of hydrogen-bond donors (Lipinski definition) is 1. The Kier molecular flexibility index (Phi) is 6.96. The molecule has 1 aliphatic heterocycles. The van der Waals surface area contributed by atoms with E-state index in [9.17, 15) is 14.7 Å². The van der Waals surface area contributed by atoms with Gasteiger partial charge in [-0.25, -0.2) is 4.98 Å². The van der Waals surface area contributed by atoms with Crippen LogP contribution in [0.25, 0.3) is 10.2 Å². The number of hydrogen-bond acceptors (Lipinski definition) is 8. The van der Waals surface area contributed by atoms with Crippen molar-refractivity contribution in [2.45, 2.75) is 32.2 Å². The third-order valence-corrected chi connectivity index (χ3v) is 7.20. The van der Waals surface area contributed by atoms with Crippen molar-refractivity contribution in [1.82, 2.24) is 4.98 Å². The van der Waals surface area contributed by atoms with Crippen molar-refractivity contribution in [3.63, 3.8) is 0 Å². The molecule has 1 amide bonds. The average Bonchev–Trinajstić information content (AvgIpc) is 3.65. The van der Waals surface area contributed by atoms with Crippen LogP contribution in [0.1, 0.15) is 48.3 Å². The second-order valence-corrected chi connectivity index (χ2v) is 9.61. The van der Waals surface area contributed by atoms with Crippen molar-refractivity contribution in [3.8, 4) is 11.5 Å². The first-order valence-corrected chi connectivity index (χ1v) is 12.9. The van der Waals surface area contributed by atoms with E-state index in [0.29, 0.717) is 34.3 Å². The number of carbonyl (C=O) groups is 2. The molecule has 0 saturated heterocycles. The minimum Gasteiger partial charge on any atom is -0.503 e. The van der Waals surface area contributed by atoms with Crippen molar-refractivity contribution in [1.29, 1.82) is 0 Å². The minimum absolute atomic E-state index is 0.0298. The molecule has 0 aliphatic carbocycles. The summed E-state index contributed by atoms with van der Waals surface area (Å²) in [6.45, 7) is 2.68. The summed E-state index contributed by atoms with van der Waals surface area (Å²) in [5.74, 6) is -0.596. The van der Waals surface area contributed by atoms with Crippen LogP contribution >= 0.6 is 11.3 Å². The summed E-state index contributed by atoms with van der Waals surface area (Å²) in [5.41, 5.74) is 1.21. The van der Waals surface area contributed by atoms with Crippen LogP contribution in [0.15, 0.2) is 76.6 Å². The molecule has 2 aromatic carbocycles. The zero-order chi connectivity index (χ0) is 25.9. The fourth-order valence-electron chi connectivity index (χ4n) is 4.33. The molecular weight excluding hydrogens is 492 g/mol. The highest BCUT2D eigenvalue weighted by atomic mass is 32.1. The molecule has 0 spiro atoms. The van der Waals surface area contributed by atoms with Gasteiger partial charge >= 0.3 is 0 Å². The Morgan fingerprint density at radius 2 is 2.00 bits per heavy atom. The highest BCUT2D eigenvalue weighted by molar-refractivity contribution is 7.22. The normalized spacial score (nSPS) is 15.6. The molecule has 1 N–H and O–H groups in total. The van der Waals surface area contributed by atoms with Crippen LogP contribution in [0.4, 0.5) is 5.13 Å². The fraction of sp³-hybridized carbons (Fsp3) is 0.250. The maximum absolute atomic E-state index is 13.5. The Morgan fingerprint density at radius 1 is 1.14 bits per heavy atom. The van der Waals surface area contributed by atoms with Crippen LogP contribution in [0.5, 0.6) is 11.5 Å². The maximum Gasteiger partial charge on any atom is 0.296 e. The Labute approximate surface area is 217 Å². The van der Waals surface area contributed by atoms with E-state index in [0.717, 1.165) is 24.0 Å². The van der Waals surface area contributed by atoms with E-state index in [1.165, 1.54) is 28.6 Å². The molecule has 4 aromatic rings. The van der Waals surface area contributed by atoms with Gasteiger partial charge in [0.2, 0.25) is 5.78 Å². The van der Waals surface area contributed by atoms with Gasteiger partial charge in [-0.15, -0.1) is 0 Å². The van der Waals surface area contributed by atoms with Gasteiger partial charge in [-0.2, -0.15) is 0 Å². The lowest BCUT2D eigenvalue weighted by Crippen LogP contribution is -2.31. The number of ether oxygens (including phenoxy) is 2. The Morgan fingerprint density at radius 3 is 2.76 bits per heavy atom. The summed E-state index contributed by atoms with van der Waals surface area (Å²) >= 11 is 1.27. The zero-order valence-corrected chi connectivity index (χ0v) is 21.3. The molecule has 8 nitrogen and oxygen atoms in total. The predicted octanol–water partition coefficient (Wildman–Crippen LogP) is 6.25. The number of Topliss-reactive ketones (excluding diaryl/α,β-unsaturated/α-hetero) is 1. The largest absolute Gasteiger partial charge is 0.503 e. The first kappa shape index (κ1) is 24.6. The summed E-state index contributed by atoms with van der Waals surface area (Å²) in [7, 11) is 1.58. The molecule has 1 unspecified atom stereocenters. The maximum atomic E-state index is 13.5. The number of aliphatic hydroxyl groups is 1. The summed E-state index contributed by atoms with van der Waals surface area (Å²) in [4.78, 5) is 32.9. The second kappa shape index (κ2) is 10.5. The molecule has 5 rings (SSSR count). The molecule has 1 aliphatic rings. The monoisotopic (exact) mass is 518 g/mol. The molecule has 190 valence electrons. The van der Waals surface area contributed by atoms with Crippen LogP contribution in [0, 0.1) is 0 Å². The summed E-state index contributed by atoms with van der Waals surface area (Å²) < 4.78 is 17.4. The number of benzene rings is 2. The minimum atomic E-state index is -0.924. The van der Waals surface area contributed by atoms with Gasteiger partial charge in [0.25, 0.3) is 5.91 Å². The number of amides is 1. The number of rotatable bonds is 10. The number of ketones is 1. The lowest BCUT2D eigenvalue weighted by Gasteiger charge is -2.24. The van der Waals surface area contributed by atoms with E-state index in [2.05, 4.69) is 11.9 Å². The third kappa shape index (κ3) is 4.70. The Hall–Kier alpha value is -4.11. The molecule has 2 aromatic heterocycles. The van der Waals surface area contributed by atoms with Crippen molar-refractivity contribution >= 4 is 38.4 Å². The third-order valence-electron chi connectivity index (χ3n) is 6.18. The predicted molar refractivity (Wildman–Crippen MR) is 141 cm³/mol. The smallest absolute Gasteiger partial charge is 0.296 e. The Balaban J connectivity index is 1.59. The molecule has 0 saturated carbocycles. The molecule has 0 fully saturated rings. The standard InChI is InChI=1S/C28H26N2O6S/c1-3-4-5-13-35-19-9-6-8-17(15-19)24-23(25(31)21-10-7-14-36-21)26(32)27(33)30(24)28-29-20-12-11-18(34-2)16-22(20)37-28/h6-12,14-16,24,32H,3-5,13H2,1-2H3. The number of methoxy groups -OCH3 is 1. The number of unbranched alkanes of at least 4 members (excludes halogenated alkanes) is 2. The van der Waals surface area contributed by atoms with Gasteiger partial charge in [-0.1, -0.05) is 43.2 Å². The van der Waals surface area contributed by atoms with Gasteiger partial charge in [0.15, 0.2) is 16.7 Å². The van der Waals surface area contributed by atoms with Crippen molar-refractivity contribution in [2.24, 2.45) is 0 Å². The van der Waals surface area contributed by atoms with Crippen LogP contribution in [-0.2, 0) is 4.79 Å². The lowest BCUT2D eigenvalue weighted by atomic mass is 9.95. The second-order valence-electron chi connectivity index (χ2n) is 8.60. The van der Waals surface area contributed by atoms with Gasteiger partial charge in [0.1, 0.15) is 11.5 Å². The molecule has 9 heteroatoms. The topological polar surface area (TPSA) is 102 Å². The molecule has 3 heterocycles. The molecular formula is C28H26N2O6S. The number of carbonyl (C=O) groups excluding carboxylic acids is 2. The summed E-state index contributed by atoms with van der Waals surface area (Å²) in [6.07, 6.45) is 4.44.